The number of ether oxygens (including phenoxy) is 8. The summed E-state index contributed by atoms with van der Waals surface area (Å²) in [7, 11) is 0. The maximum Gasteiger partial charge on any atom is 0.328 e. The van der Waals surface area contributed by atoms with E-state index < -0.39 is 6.29 Å². The van der Waals surface area contributed by atoms with Crippen molar-refractivity contribution in [3.05, 3.63) is 201 Å². The van der Waals surface area contributed by atoms with Crippen molar-refractivity contribution >= 4 is 33.1 Å². The van der Waals surface area contributed by atoms with Crippen molar-refractivity contribution in [2.75, 3.05) is 0 Å². The Balaban J connectivity index is 0.992. The average Bonchev–Trinajstić information content (AvgIpc) is 1.28. The van der Waals surface area contributed by atoms with Crippen LogP contribution in [-0.2, 0) is 0 Å². The molecule has 11 aromatic rings. The topological polar surface area (TPSA) is 178 Å². The van der Waals surface area contributed by atoms with Gasteiger partial charge in [-0.3, -0.25) is 0 Å². The molecule has 16 rings (SSSR count). The highest BCUT2D eigenvalue weighted by Gasteiger charge is 2.41. The Morgan fingerprint density at radius 3 is 0.678 bits per heavy atom. The van der Waals surface area contributed by atoms with E-state index in [1.54, 1.807) is 12.1 Å². The van der Waals surface area contributed by atoms with Gasteiger partial charge in [0.15, 0.2) is 6.20 Å². The van der Waals surface area contributed by atoms with Crippen molar-refractivity contribution in [3.63, 3.8) is 0 Å². The van der Waals surface area contributed by atoms with Gasteiger partial charge < -0.3 is 43.1 Å². The minimum atomic E-state index is -1.28. The zero-order valence-electron chi connectivity index (χ0n) is 70.3. The maximum atomic E-state index is 14.7. The molecular formula is C102H121N7O9. The summed E-state index contributed by atoms with van der Waals surface area (Å²) in [6.45, 7) is 9.16. The summed E-state index contributed by atoms with van der Waals surface area (Å²) < 4.78 is 61.7. The first-order valence-electron chi connectivity index (χ1n) is 45.9. The van der Waals surface area contributed by atoms with Gasteiger partial charge in [-0.2, -0.15) is 4.73 Å². The van der Waals surface area contributed by atoms with Crippen LogP contribution in [0.15, 0.2) is 146 Å². The number of para-hydroxylation sites is 6. The fraction of sp³-hybridized carbons (Fsp3) is 0.480. The minimum Gasteiger partial charge on any atom is -0.618 e. The van der Waals surface area contributed by atoms with Crippen LogP contribution in [0, 0.1) is 5.21 Å². The molecule has 4 aromatic heterocycles. The molecule has 16 nitrogen and oxygen atoms in total. The molecule has 8 heterocycles. The minimum absolute atomic E-state index is 0.190. The fourth-order valence-corrected chi connectivity index (χ4v) is 18.8. The number of rotatable bonds is 41. The Kier molecular flexibility index (Phi) is 27.8. The third kappa shape index (κ3) is 19.3. The van der Waals surface area contributed by atoms with Gasteiger partial charge in [0.25, 0.3) is 41.0 Å². The summed E-state index contributed by atoms with van der Waals surface area (Å²) in [4.78, 5) is 32.1. The Morgan fingerprint density at radius 2 is 0.449 bits per heavy atom. The van der Waals surface area contributed by atoms with Crippen LogP contribution in [0.25, 0.3) is 33.1 Å². The van der Waals surface area contributed by atoms with E-state index in [4.69, 9.17) is 67.8 Å². The number of benzene rings is 7. The van der Waals surface area contributed by atoms with Crippen molar-refractivity contribution < 1.29 is 42.6 Å². The quantitative estimate of drug-likeness (QED) is 0.0201. The highest BCUT2D eigenvalue weighted by molar-refractivity contribution is 5.79. The van der Waals surface area contributed by atoms with E-state index in [2.05, 4.69) is 76.2 Å². The largest absolute Gasteiger partial charge is 0.618 e. The third-order valence-corrected chi connectivity index (χ3v) is 25.3. The van der Waals surface area contributed by atoms with Gasteiger partial charge in [0, 0.05) is 105 Å². The van der Waals surface area contributed by atoms with Gasteiger partial charge in [0.05, 0.1) is 33.1 Å². The summed E-state index contributed by atoms with van der Waals surface area (Å²) >= 11 is 0. The van der Waals surface area contributed by atoms with Crippen LogP contribution in [0.2, 0.25) is 0 Å². The first-order chi connectivity index (χ1) is 58.3. The number of aromatic nitrogens is 7. The second-order valence-corrected chi connectivity index (χ2v) is 34.0. The van der Waals surface area contributed by atoms with Gasteiger partial charge in [-0.25, -0.2) is 29.9 Å². The molecule has 0 saturated carbocycles. The van der Waals surface area contributed by atoms with Gasteiger partial charge in [-0.05, 0) is 92.4 Å². The van der Waals surface area contributed by atoms with E-state index >= 15 is 0 Å². The standard InChI is InChI=1S/C102H121N7O9/c1-5-9-13-17-21-25-29-33-37-49-69-73-61-75-70(50-38-34-30-26-22-18-14-10-6-2)77-63-79-72(52-40-36-32-28-24-20-16-12-8-4)80-64-78-71(51-39-35-31-27-23-19-15-11-7-3)76-62-74(69)89-66-91(76)114-99-101(108-86-58-46-44-56-84(86)106-99)116-93(78)68-95(80)118-102(87-59-47-48-60-109(87)110)117-94(79)67-92(77)115-100-98(105-83-55-43-45-57-85(83)107-100)113-90(75)65-88(73)111-96-97(112-89)104-82-54-42-41-53-81(82)103-96/h41-48,53-72,102H,5-40,49-52H2,1-4H3. The third-order valence-electron chi connectivity index (χ3n) is 25.3. The highest BCUT2D eigenvalue weighted by Crippen LogP contribution is 2.59. The predicted octanol–water partition coefficient (Wildman–Crippen LogP) is 29.8. The molecule has 2 atom stereocenters. The van der Waals surface area contributed by atoms with Crippen molar-refractivity contribution in [2.45, 2.75) is 314 Å². The lowest BCUT2D eigenvalue weighted by Gasteiger charge is -2.33. The molecule has 0 amide bonds. The van der Waals surface area contributed by atoms with Crippen LogP contribution in [0.1, 0.15) is 365 Å². The molecule has 0 fully saturated rings. The monoisotopic (exact) mass is 1590 g/mol. The Labute approximate surface area is 698 Å². The molecule has 118 heavy (non-hydrogen) atoms. The van der Waals surface area contributed by atoms with Crippen molar-refractivity contribution in [3.8, 4) is 81.3 Å². The summed E-state index contributed by atoms with van der Waals surface area (Å²) in [6.07, 6.45) is 45.2. The lowest BCUT2D eigenvalue weighted by Crippen LogP contribution is -2.36. The Morgan fingerprint density at radius 1 is 0.246 bits per heavy atom. The average molecular weight is 1590 g/mol. The lowest BCUT2D eigenvalue weighted by atomic mass is 9.76. The van der Waals surface area contributed by atoms with Gasteiger partial charge in [0.2, 0.25) is 0 Å². The van der Waals surface area contributed by atoms with Crippen LogP contribution in [0.3, 0.4) is 0 Å². The van der Waals surface area contributed by atoms with Gasteiger partial charge in [0.1, 0.15) is 46.0 Å². The van der Waals surface area contributed by atoms with Gasteiger partial charge >= 0.3 is 6.29 Å². The second kappa shape index (κ2) is 40.1. The number of hydrogen-bond acceptors (Lipinski definition) is 15. The van der Waals surface area contributed by atoms with E-state index in [0.717, 1.165) is 152 Å². The molecule has 8 bridgehead atoms. The molecule has 5 aliphatic rings. The first kappa shape index (κ1) is 81.6. The molecule has 0 N–H and O–H groups in total. The van der Waals surface area contributed by atoms with Crippen LogP contribution < -0.4 is 42.6 Å². The molecule has 1 aliphatic carbocycles. The second-order valence-electron chi connectivity index (χ2n) is 34.0. The fourth-order valence-electron chi connectivity index (χ4n) is 18.8. The molecule has 2 unspecified atom stereocenters. The van der Waals surface area contributed by atoms with E-state index in [1.165, 1.54) is 160 Å². The summed E-state index contributed by atoms with van der Waals surface area (Å²) in [5, 5.41) is 14.7. The molecule has 16 heteroatoms. The van der Waals surface area contributed by atoms with Crippen molar-refractivity contribution in [1.82, 2.24) is 29.9 Å². The summed E-state index contributed by atoms with van der Waals surface area (Å²) in [5.41, 5.74) is 11.9. The summed E-state index contributed by atoms with van der Waals surface area (Å²) in [6, 6.07) is 47.1. The molecule has 0 radical (unpaired) electrons. The highest BCUT2D eigenvalue weighted by atomic mass is 16.7. The van der Waals surface area contributed by atoms with Crippen LogP contribution in [0.5, 0.6) is 81.3 Å². The zero-order valence-corrected chi connectivity index (χ0v) is 70.3. The van der Waals surface area contributed by atoms with Crippen LogP contribution >= 0.6 is 0 Å². The van der Waals surface area contributed by atoms with E-state index in [0.29, 0.717) is 79.1 Å². The number of fused-ring (bicyclic) bond motifs is 6. The lowest BCUT2D eigenvalue weighted by molar-refractivity contribution is -0.621. The van der Waals surface area contributed by atoms with E-state index in [1.807, 2.05) is 78.9 Å². The van der Waals surface area contributed by atoms with Crippen LogP contribution in [-0.4, -0.2) is 29.9 Å². The molecule has 4 aliphatic heterocycles. The molecule has 7 aromatic carbocycles. The van der Waals surface area contributed by atoms with Crippen molar-refractivity contribution in [1.29, 1.82) is 0 Å². The summed E-state index contributed by atoms with van der Waals surface area (Å²) in [5.74, 6) is 4.16. The smallest absolute Gasteiger partial charge is 0.328 e. The normalized spacial score (nSPS) is 16.5. The van der Waals surface area contributed by atoms with Gasteiger partial charge in [-0.1, -0.05) is 295 Å². The Bertz CT molecular complexity index is 4950. The Hall–Kier alpha value is -10.1. The predicted molar refractivity (Wildman–Crippen MR) is 469 cm³/mol. The number of nitrogens with zero attached hydrogens (tertiary/aromatic N) is 7. The number of hydrogen-bond donors (Lipinski definition) is 0. The van der Waals surface area contributed by atoms with E-state index in [9.17, 15) is 5.21 Å². The zero-order chi connectivity index (χ0) is 80.4. The maximum absolute atomic E-state index is 14.7. The molecule has 0 saturated heterocycles. The van der Waals surface area contributed by atoms with E-state index in [-0.39, 0.29) is 64.6 Å². The molecule has 0 spiro atoms. The first-order valence-corrected chi connectivity index (χ1v) is 45.9. The molecular weight excluding hydrogens is 1470 g/mol. The molecule has 618 valence electrons. The van der Waals surface area contributed by atoms with Crippen LogP contribution in [0.4, 0.5) is 0 Å². The van der Waals surface area contributed by atoms with Crippen molar-refractivity contribution in [2.24, 2.45) is 0 Å². The van der Waals surface area contributed by atoms with Gasteiger partial charge in [-0.15, -0.1) is 0 Å². The number of pyridine rings is 1. The number of unbranched alkanes of at least 4 members (excludes halogenated alkanes) is 32. The SMILES string of the molecule is CCCCCCCCCCCC1c2cc3c4cc2Oc2nc5ccccc5nc2Oc2cc5c(cc21)C(CCCCCCCCCCC)c1cc2c(cc1Oc1nc6ccccc6nc1O5)OC(c1cccc[n+]1[O-])Oc1cc(c(cc1C2CCCCCCCCCCC)C3CCCCCCCCCCC)Oc1nc2ccccc2nc1O4.